The van der Waals surface area contributed by atoms with Crippen LogP contribution in [0.15, 0.2) is 59.0 Å². The molecule has 4 nitrogen and oxygen atoms in total. The van der Waals surface area contributed by atoms with Crippen LogP contribution >= 0.6 is 0 Å². The molecular formula is C31H36N3O+. The number of aryl methyl sites for hydroxylation is 2. The summed E-state index contributed by atoms with van der Waals surface area (Å²) in [5, 5.41) is 0. The van der Waals surface area contributed by atoms with Gasteiger partial charge in [-0.2, -0.15) is 4.57 Å². The number of hydrogen-bond acceptors (Lipinski definition) is 2. The van der Waals surface area contributed by atoms with Gasteiger partial charge in [0.1, 0.15) is 16.8 Å². The number of hydrogen-bond donors (Lipinski definition) is 0. The molecule has 0 aliphatic rings. The minimum atomic E-state index is 0.226. The number of imidazole rings is 1. The van der Waals surface area contributed by atoms with Gasteiger partial charge in [-0.3, -0.25) is 0 Å². The number of fused-ring (bicyclic) bond motifs is 2. The molecule has 2 heterocycles. The van der Waals surface area contributed by atoms with Gasteiger partial charge < -0.3 is 4.42 Å². The summed E-state index contributed by atoms with van der Waals surface area (Å²) in [7, 11) is 2.17. The standard InChI is InChI=1S/C31H36N3O/c1-18(2)22-12-11-13-23(19(3)4)28(22)34-26-15-10-9-14-25(26)33(8)31(34)27-21(7)16-17-24-29(27)35-30(32-24)20(5)6/h9-20H,1-8H3/q+1. The number of rotatable bonds is 5. The fraction of sp³-hybridized carbons (Fsp3) is 0.355. The fourth-order valence-electron chi connectivity index (χ4n) is 5.22. The van der Waals surface area contributed by atoms with Gasteiger partial charge >= 0.3 is 0 Å². The molecule has 0 unspecified atom stereocenters. The van der Waals surface area contributed by atoms with Crippen molar-refractivity contribution in [2.24, 2.45) is 7.05 Å². The largest absolute Gasteiger partial charge is 0.439 e. The third-order valence-corrected chi connectivity index (χ3v) is 7.08. The van der Waals surface area contributed by atoms with Crippen LogP contribution in [-0.2, 0) is 7.05 Å². The highest BCUT2D eigenvalue weighted by molar-refractivity contribution is 5.92. The second kappa shape index (κ2) is 8.67. The predicted molar refractivity (Wildman–Crippen MR) is 144 cm³/mol. The molecule has 0 spiro atoms. The lowest BCUT2D eigenvalue weighted by atomic mass is 9.92. The van der Waals surface area contributed by atoms with Crippen molar-refractivity contribution in [3.8, 4) is 17.1 Å². The molecule has 0 aliphatic heterocycles. The van der Waals surface area contributed by atoms with E-state index >= 15 is 0 Å². The number of nitrogens with zero attached hydrogens (tertiary/aromatic N) is 3. The van der Waals surface area contributed by atoms with Crippen molar-refractivity contribution < 1.29 is 8.98 Å². The maximum Gasteiger partial charge on any atom is 0.299 e. The van der Waals surface area contributed by atoms with E-state index < -0.39 is 0 Å². The van der Waals surface area contributed by atoms with Crippen molar-refractivity contribution in [1.82, 2.24) is 9.55 Å². The monoisotopic (exact) mass is 466 g/mol. The summed E-state index contributed by atoms with van der Waals surface area (Å²) < 4.78 is 11.2. The zero-order valence-corrected chi connectivity index (χ0v) is 22.2. The fourth-order valence-corrected chi connectivity index (χ4v) is 5.22. The van der Waals surface area contributed by atoms with Crippen LogP contribution in [0.3, 0.4) is 0 Å². The van der Waals surface area contributed by atoms with Gasteiger partial charge in [-0.15, -0.1) is 0 Å². The summed E-state index contributed by atoms with van der Waals surface area (Å²) in [6.45, 7) is 15.6. The highest BCUT2D eigenvalue weighted by Crippen LogP contribution is 2.39. The number of benzene rings is 3. The first kappa shape index (κ1) is 23.3. The predicted octanol–water partition coefficient (Wildman–Crippen LogP) is 7.94. The molecular weight excluding hydrogens is 430 g/mol. The topological polar surface area (TPSA) is 34.8 Å². The summed E-state index contributed by atoms with van der Waals surface area (Å²) in [6.07, 6.45) is 0. The van der Waals surface area contributed by atoms with Crippen molar-refractivity contribution in [3.05, 3.63) is 77.2 Å². The summed E-state index contributed by atoms with van der Waals surface area (Å²) in [5.74, 6) is 2.90. The molecule has 0 radical (unpaired) electrons. The van der Waals surface area contributed by atoms with E-state index in [0.717, 1.165) is 28.4 Å². The lowest BCUT2D eigenvalue weighted by Gasteiger charge is -2.18. The van der Waals surface area contributed by atoms with E-state index in [0.29, 0.717) is 11.8 Å². The summed E-state index contributed by atoms with van der Waals surface area (Å²) in [6, 6.07) is 19.7. The molecule has 5 rings (SSSR count). The van der Waals surface area contributed by atoms with Crippen LogP contribution in [0, 0.1) is 6.92 Å². The van der Waals surface area contributed by atoms with Gasteiger partial charge in [0.15, 0.2) is 22.5 Å². The molecule has 3 aromatic carbocycles. The Morgan fingerprint density at radius 1 is 0.800 bits per heavy atom. The van der Waals surface area contributed by atoms with E-state index in [9.17, 15) is 0 Å². The molecule has 0 saturated heterocycles. The first-order valence-electron chi connectivity index (χ1n) is 12.7. The molecule has 0 N–H and O–H groups in total. The van der Waals surface area contributed by atoms with Crippen molar-refractivity contribution >= 4 is 22.1 Å². The summed E-state index contributed by atoms with van der Waals surface area (Å²) in [5.41, 5.74) is 10.4. The van der Waals surface area contributed by atoms with Crippen molar-refractivity contribution in [1.29, 1.82) is 0 Å². The highest BCUT2D eigenvalue weighted by Gasteiger charge is 2.33. The van der Waals surface area contributed by atoms with Crippen LogP contribution in [0.1, 0.15) is 81.9 Å². The first-order chi connectivity index (χ1) is 16.7. The molecule has 2 aromatic heterocycles. The van der Waals surface area contributed by atoms with Gasteiger partial charge in [0.25, 0.3) is 5.82 Å². The Bertz CT molecular complexity index is 1520. The molecule has 180 valence electrons. The van der Waals surface area contributed by atoms with E-state index in [-0.39, 0.29) is 5.92 Å². The van der Waals surface area contributed by atoms with Crippen LogP contribution < -0.4 is 4.57 Å². The van der Waals surface area contributed by atoms with Gasteiger partial charge in [0, 0.05) is 17.0 Å². The molecule has 0 amide bonds. The summed E-state index contributed by atoms with van der Waals surface area (Å²) >= 11 is 0. The van der Waals surface area contributed by atoms with Crippen LogP contribution in [0.5, 0.6) is 0 Å². The maximum atomic E-state index is 6.46. The van der Waals surface area contributed by atoms with Gasteiger partial charge in [0.2, 0.25) is 0 Å². The normalized spacial score (nSPS) is 12.2. The Labute approximate surface area is 208 Å². The van der Waals surface area contributed by atoms with Crippen molar-refractivity contribution in [2.45, 2.75) is 66.2 Å². The molecule has 4 heteroatoms. The Morgan fingerprint density at radius 2 is 1.46 bits per heavy atom. The number of oxazole rings is 1. The minimum Gasteiger partial charge on any atom is -0.439 e. The number of aromatic nitrogens is 3. The minimum absolute atomic E-state index is 0.226. The third-order valence-electron chi connectivity index (χ3n) is 7.08. The van der Waals surface area contributed by atoms with E-state index in [1.165, 1.54) is 33.4 Å². The first-order valence-corrected chi connectivity index (χ1v) is 12.7. The zero-order chi connectivity index (χ0) is 25.0. The molecule has 0 fully saturated rings. The van der Waals surface area contributed by atoms with Crippen molar-refractivity contribution in [2.75, 3.05) is 0 Å². The van der Waals surface area contributed by atoms with Crippen LogP contribution in [0.25, 0.3) is 39.2 Å². The Hall–Kier alpha value is -3.40. The van der Waals surface area contributed by atoms with Crippen LogP contribution in [-0.4, -0.2) is 9.55 Å². The van der Waals surface area contributed by atoms with Gasteiger partial charge in [-0.1, -0.05) is 77.9 Å². The van der Waals surface area contributed by atoms with Gasteiger partial charge in [0.05, 0.1) is 7.05 Å². The average Bonchev–Trinajstić information content (AvgIpc) is 3.38. The Balaban J connectivity index is 2.00. The molecule has 0 saturated carbocycles. The van der Waals surface area contributed by atoms with E-state index in [4.69, 9.17) is 9.40 Å². The Morgan fingerprint density at radius 3 is 2.09 bits per heavy atom. The quantitative estimate of drug-likeness (QED) is 0.246. The van der Waals surface area contributed by atoms with Crippen molar-refractivity contribution in [3.63, 3.8) is 0 Å². The molecule has 0 bridgehead atoms. The van der Waals surface area contributed by atoms with Crippen LogP contribution in [0.4, 0.5) is 0 Å². The second-order valence-electron chi connectivity index (χ2n) is 10.6. The highest BCUT2D eigenvalue weighted by atomic mass is 16.3. The van der Waals surface area contributed by atoms with E-state index in [1.807, 2.05) is 0 Å². The third kappa shape index (κ3) is 3.67. The van der Waals surface area contributed by atoms with E-state index in [2.05, 4.69) is 119 Å². The molecule has 35 heavy (non-hydrogen) atoms. The number of para-hydroxylation sites is 3. The molecule has 5 aromatic rings. The summed E-state index contributed by atoms with van der Waals surface area (Å²) in [4.78, 5) is 4.83. The lowest BCUT2D eigenvalue weighted by molar-refractivity contribution is -0.633. The van der Waals surface area contributed by atoms with E-state index in [1.54, 1.807) is 0 Å². The molecule has 0 atom stereocenters. The zero-order valence-electron chi connectivity index (χ0n) is 22.2. The van der Waals surface area contributed by atoms with Gasteiger partial charge in [-0.05, 0) is 42.5 Å². The van der Waals surface area contributed by atoms with Gasteiger partial charge in [-0.25, -0.2) is 9.55 Å². The SMILES string of the molecule is Cc1ccc2nc(C(C)C)oc2c1-c1n(-c2c(C(C)C)cccc2C(C)C)c2ccccc2[n+]1C. The van der Waals surface area contributed by atoms with Crippen LogP contribution in [0.2, 0.25) is 0 Å². The average molecular weight is 467 g/mol. The Kier molecular flexibility index (Phi) is 5.79. The smallest absolute Gasteiger partial charge is 0.299 e. The second-order valence-corrected chi connectivity index (χ2v) is 10.6. The molecule has 0 aliphatic carbocycles. The maximum absolute atomic E-state index is 6.46. The lowest BCUT2D eigenvalue weighted by Crippen LogP contribution is -2.30.